The highest BCUT2D eigenvalue weighted by Gasteiger charge is 2.33. The topological polar surface area (TPSA) is 66.5 Å². The SMILES string of the molecule is CC(C)CCNC(=O)[C@H](C)C1CCN(S(=O)(=O)c2cccs2)CC1. The van der Waals surface area contributed by atoms with E-state index in [0.29, 0.717) is 29.8 Å². The van der Waals surface area contributed by atoms with Gasteiger partial charge >= 0.3 is 0 Å². The van der Waals surface area contributed by atoms with Crippen molar-refractivity contribution in [2.24, 2.45) is 17.8 Å². The Kier molecular flexibility index (Phi) is 6.83. The van der Waals surface area contributed by atoms with Gasteiger partial charge in [-0.3, -0.25) is 4.79 Å². The van der Waals surface area contributed by atoms with Gasteiger partial charge in [0.05, 0.1) is 0 Å². The van der Waals surface area contributed by atoms with Crippen LogP contribution in [-0.4, -0.2) is 38.3 Å². The summed E-state index contributed by atoms with van der Waals surface area (Å²) in [6.45, 7) is 7.94. The number of rotatable bonds is 7. The van der Waals surface area contributed by atoms with E-state index in [4.69, 9.17) is 0 Å². The van der Waals surface area contributed by atoms with E-state index in [-0.39, 0.29) is 17.7 Å². The molecule has 5 nitrogen and oxygen atoms in total. The molecule has 1 saturated heterocycles. The van der Waals surface area contributed by atoms with E-state index in [1.165, 1.54) is 11.3 Å². The number of hydrogen-bond acceptors (Lipinski definition) is 4. The summed E-state index contributed by atoms with van der Waals surface area (Å²) in [7, 11) is -3.36. The predicted octanol–water partition coefficient (Wildman–Crippen LogP) is 2.95. The van der Waals surface area contributed by atoms with Gasteiger partial charge in [-0.2, -0.15) is 4.31 Å². The van der Waals surface area contributed by atoms with Crippen LogP contribution in [0.2, 0.25) is 0 Å². The minimum Gasteiger partial charge on any atom is -0.356 e. The van der Waals surface area contributed by atoms with Gasteiger partial charge in [0.2, 0.25) is 5.91 Å². The van der Waals surface area contributed by atoms with Gasteiger partial charge in [0.1, 0.15) is 4.21 Å². The molecular formula is C17H28N2O3S2. The summed E-state index contributed by atoms with van der Waals surface area (Å²) in [4.78, 5) is 12.2. The second kappa shape index (κ2) is 8.45. The van der Waals surface area contributed by atoms with Gasteiger partial charge in [0.15, 0.2) is 0 Å². The minimum absolute atomic E-state index is 0.0660. The Morgan fingerprint density at radius 3 is 2.54 bits per heavy atom. The number of thiophene rings is 1. The third-order valence-electron chi connectivity index (χ3n) is 4.73. The van der Waals surface area contributed by atoms with E-state index in [0.717, 1.165) is 19.3 Å². The molecule has 0 aliphatic carbocycles. The quantitative estimate of drug-likeness (QED) is 0.800. The van der Waals surface area contributed by atoms with E-state index in [9.17, 15) is 13.2 Å². The molecule has 0 saturated carbocycles. The van der Waals surface area contributed by atoms with Crippen molar-refractivity contribution < 1.29 is 13.2 Å². The molecule has 0 spiro atoms. The molecule has 0 radical (unpaired) electrons. The molecule has 136 valence electrons. The van der Waals surface area contributed by atoms with Crippen molar-refractivity contribution in [2.75, 3.05) is 19.6 Å². The van der Waals surface area contributed by atoms with Crippen molar-refractivity contribution in [1.29, 1.82) is 0 Å². The fraction of sp³-hybridized carbons (Fsp3) is 0.706. The highest BCUT2D eigenvalue weighted by atomic mass is 32.2. The smallest absolute Gasteiger partial charge is 0.252 e. The van der Waals surface area contributed by atoms with Crippen LogP contribution in [0.1, 0.15) is 40.0 Å². The first-order valence-corrected chi connectivity index (χ1v) is 11.0. The molecule has 2 rings (SSSR count). The zero-order valence-electron chi connectivity index (χ0n) is 14.7. The number of carbonyl (C=O) groups is 1. The van der Waals surface area contributed by atoms with Crippen molar-refractivity contribution in [3.8, 4) is 0 Å². The Hall–Kier alpha value is -0.920. The number of nitrogens with one attached hydrogen (secondary N) is 1. The normalized spacial score (nSPS) is 18.7. The highest BCUT2D eigenvalue weighted by Crippen LogP contribution is 2.29. The monoisotopic (exact) mass is 372 g/mol. The van der Waals surface area contributed by atoms with E-state index in [1.807, 2.05) is 6.92 Å². The molecule has 24 heavy (non-hydrogen) atoms. The van der Waals surface area contributed by atoms with Gasteiger partial charge < -0.3 is 5.32 Å². The third kappa shape index (κ3) is 4.80. The molecule has 0 aromatic carbocycles. The second-order valence-corrected chi connectivity index (χ2v) is 10.0. The van der Waals surface area contributed by atoms with Crippen LogP contribution in [0.4, 0.5) is 0 Å². The molecule has 2 heterocycles. The molecule has 7 heteroatoms. The van der Waals surface area contributed by atoms with Gasteiger partial charge in [0.25, 0.3) is 10.0 Å². The Morgan fingerprint density at radius 1 is 1.33 bits per heavy atom. The summed E-state index contributed by atoms with van der Waals surface area (Å²) in [6, 6.07) is 3.41. The Balaban J connectivity index is 1.85. The Labute approximate surface area is 149 Å². The lowest BCUT2D eigenvalue weighted by Crippen LogP contribution is -2.42. The molecule has 1 atom stereocenters. The van der Waals surface area contributed by atoms with Crippen molar-refractivity contribution in [3.63, 3.8) is 0 Å². The number of nitrogens with zero attached hydrogens (tertiary/aromatic N) is 1. The van der Waals surface area contributed by atoms with Gasteiger partial charge in [0, 0.05) is 25.6 Å². The average Bonchev–Trinajstić information content (AvgIpc) is 3.09. The van der Waals surface area contributed by atoms with Crippen LogP contribution in [-0.2, 0) is 14.8 Å². The molecule has 0 bridgehead atoms. The fourth-order valence-electron chi connectivity index (χ4n) is 3.01. The number of carbonyl (C=O) groups excluding carboxylic acids is 1. The van der Waals surface area contributed by atoms with Crippen molar-refractivity contribution in [1.82, 2.24) is 9.62 Å². The first kappa shape index (κ1) is 19.4. The largest absolute Gasteiger partial charge is 0.356 e. The van der Waals surface area contributed by atoms with Gasteiger partial charge in [-0.05, 0) is 42.5 Å². The van der Waals surface area contributed by atoms with Crippen molar-refractivity contribution in [2.45, 2.75) is 44.2 Å². The van der Waals surface area contributed by atoms with E-state index < -0.39 is 10.0 Å². The van der Waals surface area contributed by atoms with E-state index >= 15 is 0 Å². The third-order valence-corrected chi connectivity index (χ3v) is 8.00. The maximum Gasteiger partial charge on any atom is 0.252 e. The summed E-state index contributed by atoms with van der Waals surface area (Å²) < 4.78 is 27.0. The maximum absolute atomic E-state index is 12.5. The average molecular weight is 373 g/mol. The lowest BCUT2D eigenvalue weighted by atomic mass is 9.85. The van der Waals surface area contributed by atoms with E-state index in [1.54, 1.807) is 21.8 Å². The number of hydrogen-bond donors (Lipinski definition) is 1. The summed E-state index contributed by atoms with van der Waals surface area (Å²) in [5.41, 5.74) is 0. The fourth-order valence-corrected chi connectivity index (χ4v) is 5.63. The molecule has 1 aliphatic heterocycles. The molecular weight excluding hydrogens is 344 g/mol. The van der Waals surface area contributed by atoms with Crippen LogP contribution in [0.15, 0.2) is 21.7 Å². The first-order chi connectivity index (χ1) is 11.3. The minimum atomic E-state index is -3.36. The summed E-state index contributed by atoms with van der Waals surface area (Å²) in [5.74, 6) is 0.851. The van der Waals surface area contributed by atoms with Crippen LogP contribution < -0.4 is 5.32 Å². The lowest BCUT2D eigenvalue weighted by molar-refractivity contribution is -0.126. The van der Waals surface area contributed by atoms with E-state index in [2.05, 4.69) is 19.2 Å². The van der Waals surface area contributed by atoms with Crippen LogP contribution in [0.3, 0.4) is 0 Å². The molecule has 1 aromatic rings. The highest BCUT2D eigenvalue weighted by molar-refractivity contribution is 7.91. The predicted molar refractivity (Wildman–Crippen MR) is 97.4 cm³/mol. The molecule has 0 unspecified atom stereocenters. The zero-order chi connectivity index (χ0) is 17.7. The second-order valence-electron chi connectivity index (χ2n) is 6.94. The summed E-state index contributed by atoms with van der Waals surface area (Å²) >= 11 is 1.25. The van der Waals surface area contributed by atoms with Crippen molar-refractivity contribution >= 4 is 27.3 Å². The number of piperidine rings is 1. The van der Waals surface area contributed by atoms with Gasteiger partial charge in [-0.15, -0.1) is 11.3 Å². The van der Waals surface area contributed by atoms with Crippen LogP contribution >= 0.6 is 11.3 Å². The Morgan fingerprint density at radius 2 is 2.00 bits per heavy atom. The van der Waals surface area contributed by atoms with Crippen molar-refractivity contribution in [3.05, 3.63) is 17.5 Å². The summed E-state index contributed by atoms with van der Waals surface area (Å²) in [6.07, 6.45) is 2.46. The van der Waals surface area contributed by atoms with Gasteiger partial charge in [-0.1, -0.05) is 26.8 Å². The van der Waals surface area contributed by atoms with Crippen LogP contribution in [0.5, 0.6) is 0 Å². The number of amides is 1. The van der Waals surface area contributed by atoms with Crippen LogP contribution in [0.25, 0.3) is 0 Å². The summed E-state index contributed by atoms with van der Waals surface area (Å²) in [5, 5.41) is 4.79. The van der Waals surface area contributed by atoms with Gasteiger partial charge in [-0.25, -0.2) is 8.42 Å². The maximum atomic E-state index is 12.5. The Bertz CT molecular complexity index is 618. The lowest BCUT2D eigenvalue weighted by Gasteiger charge is -2.33. The molecule has 1 aromatic heterocycles. The number of sulfonamides is 1. The standard InChI is InChI=1S/C17H28N2O3S2/c1-13(2)6-9-18-17(20)14(3)15-7-10-19(11-8-15)24(21,22)16-5-4-12-23-16/h4-5,12-15H,6-11H2,1-3H3,(H,18,20)/t14-/m1/s1. The molecule has 1 aliphatic rings. The molecule has 1 fully saturated rings. The molecule has 1 amide bonds. The zero-order valence-corrected chi connectivity index (χ0v) is 16.3. The van der Waals surface area contributed by atoms with Crippen LogP contribution in [0, 0.1) is 17.8 Å². The molecule has 1 N–H and O–H groups in total. The first-order valence-electron chi connectivity index (χ1n) is 8.63.